The Hall–Kier alpha value is -4.71. The number of aryl methyl sites for hydroxylation is 1. The van der Waals surface area contributed by atoms with Crippen LogP contribution in [0.3, 0.4) is 0 Å². The van der Waals surface area contributed by atoms with E-state index in [1.807, 2.05) is 96.4 Å². The summed E-state index contributed by atoms with van der Waals surface area (Å²) in [7, 11) is 0. The third-order valence-electron chi connectivity index (χ3n) is 5.43. The molecular formula is C28H22N4O2. The third kappa shape index (κ3) is 4.17. The van der Waals surface area contributed by atoms with Gasteiger partial charge in [-0.25, -0.2) is 4.98 Å². The molecule has 6 heteroatoms. The number of fused-ring (bicyclic) bond motifs is 1. The number of hydrogen-bond donors (Lipinski definition) is 2. The fourth-order valence-corrected chi connectivity index (χ4v) is 3.96. The number of pyridine rings is 2. The van der Waals surface area contributed by atoms with Crippen molar-refractivity contribution >= 4 is 34.0 Å². The lowest BCUT2D eigenvalue weighted by atomic mass is 10.1. The summed E-state index contributed by atoms with van der Waals surface area (Å²) in [6.07, 6.45) is 0. The SMILES string of the molecule is Cc1cc2c(c(C(=O)Nc3ccccc3)n1)c(=O)cc(Nc1ccccc1)n2-c1ccccc1. The summed E-state index contributed by atoms with van der Waals surface area (Å²) < 4.78 is 1.94. The van der Waals surface area contributed by atoms with E-state index in [0.717, 1.165) is 11.4 Å². The fraction of sp³-hybridized carbons (Fsp3) is 0.0357. The largest absolute Gasteiger partial charge is 0.341 e. The molecule has 0 aliphatic carbocycles. The second-order valence-electron chi connectivity index (χ2n) is 7.88. The van der Waals surface area contributed by atoms with E-state index < -0.39 is 5.91 Å². The van der Waals surface area contributed by atoms with Crippen molar-refractivity contribution in [1.82, 2.24) is 9.55 Å². The zero-order valence-corrected chi connectivity index (χ0v) is 18.5. The predicted molar refractivity (Wildman–Crippen MR) is 136 cm³/mol. The number of carbonyl (C=O) groups excluding carboxylic acids is 1. The van der Waals surface area contributed by atoms with Gasteiger partial charge in [-0.1, -0.05) is 54.6 Å². The number of nitrogens with zero attached hydrogens (tertiary/aromatic N) is 2. The molecule has 2 N–H and O–H groups in total. The van der Waals surface area contributed by atoms with Crippen molar-refractivity contribution in [2.45, 2.75) is 6.92 Å². The molecule has 0 unspecified atom stereocenters. The van der Waals surface area contributed by atoms with Gasteiger partial charge in [0.2, 0.25) is 0 Å². The molecule has 0 saturated carbocycles. The molecule has 0 atom stereocenters. The van der Waals surface area contributed by atoms with Crippen molar-refractivity contribution in [3.8, 4) is 5.69 Å². The summed E-state index contributed by atoms with van der Waals surface area (Å²) in [5.41, 5.74) is 3.38. The van der Waals surface area contributed by atoms with Crippen molar-refractivity contribution in [1.29, 1.82) is 0 Å². The summed E-state index contributed by atoms with van der Waals surface area (Å²) in [6.45, 7) is 1.82. The van der Waals surface area contributed by atoms with E-state index in [1.54, 1.807) is 12.1 Å². The van der Waals surface area contributed by atoms with Gasteiger partial charge in [0.25, 0.3) is 5.91 Å². The average molecular weight is 447 g/mol. The maximum Gasteiger partial charge on any atom is 0.275 e. The first-order valence-electron chi connectivity index (χ1n) is 10.9. The number of nitrogens with one attached hydrogen (secondary N) is 2. The summed E-state index contributed by atoms with van der Waals surface area (Å²) in [6, 6.07) is 31.8. The second kappa shape index (κ2) is 9.03. The Bertz CT molecular complexity index is 1530. The van der Waals surface area contributed by atoms with E-state index in [2.05, 4.69) is 15.6 Å². The molecule has 0 bridgehead atoms. The van der Waals surface area contributed by atoms with Crippen LogP contribution in [0.2, 0.25) is 0 Å². The molecule has 0 spiro atoms. The summed E-state index contributed by atoms with van der Waals surface area (Å²) in [4.78, 5) is 31.1. The molecule has 3 aromatic carbocycles. The molecule has 0 saturated heterocycles. The predicted octanol–water partition coefficient (Wildman–Crippen LogP) is 5.69. The van der Waals surface area contributed by atoms with E-state index >= 15 is 0 Å². The highest BCUT2D eigenvalue weighted by molar-refractivity contribution is 6.11. The van der Waals surface area contributed by atoms with Crippen LogP contribution >= 0.6 is 0 Å². The second-order valence-corrected chi connectivity index (χ2v) is 7.88. The third-order valence-corrected chi connectivity index (χ3v) is 5.43. The Kier molecular flexibility index (Phi) is 5.62. The molecule has 166 valence electrons. The van der Waals surface area contributed by atoms with Gasteiger partial charge >= 0.3 is 0 Å². The van der Waals surface area contributed by atoms with Gasteiger partial charge in [0.05, 0.1) is 10.9 Å². The normalized spacial score (nSPS) is 10.7. The van der Waals surface area contributed by atoms with Crippen LogP contribution in [-0.4, -0.2) is 15.5 Å². The van der Waals surface area contributed by atoms with Crippen LogP contribution < -0.4 is 16.1 Å². The van der Waals surface area contributed by atoms with Crippen LogP contribution in [0.5, 0.6) is 0 Å². The number of carbonyl (C=O) groups is 1. The van der Waals surface area contributed by atoms with E-state index in [4.69, 9.17) is 0 Å². The zero-order chi connectivity index (χ0) is 23.5. The first kappa shape index (κ1) is 21.2. The van der Waals surface area contributed by atoms with Crippen LogP contribution in [0, 0.1) is 6.92 Å². The molecule has 1 amide bonds. The maximum absolute atomic E-state index is 13.4. The van der Waals surface area contributed by atoms with Crippen molar-refractivity contribution in [2.75, 3.05) is 10.6 Å². The molecule has 34 heavy (non-hydrogen) atoms. The smallest absolute Gasteiger partial charge is 0.275 e. The molecule has 5 aromatic rings. The molecule has 0 aliphatic rings. The minimum Gasteiger partial charge on any atom is -0.341 e. The van der Waals surface area contributed by atoms with Crippen LogP contribution in [-0.2, 0) is 0 Å². The van der Waals surface area contributed by atoms with Gasteiger partial charge in [-0.3, -0.25) is 14.2 Å². The zero-order valence-electron chi connectivity index (χ0n) is 18.5. The Morgan fingerprint density at radius 3 is 2.03 bits per heavy atom. The van der Waals surface area contributed by atoms with Gasteiger partial charge in [0.1, 0.15) is 11.5 Å². The van der Waals surface area contributed by atoms with Gasteiger partial charge in [0, 0.05) is 28.8 Å². The topological polar surface area (TPSA) is 76.0 Å². The Morgan fingerprint density at radius 1 is 0.794 bits per heavy atom. The van der Waals surface area contributed by atoms with Crippen LogP contribution in [0.15, 0.2) is 108 Å². The molecule has 0 aliphatic heterocycles. The van der Waals surface area contributed by atoms with Crippen LogP contribution in [0.4, 0.5) is 17.2 Å². The van der Waals surface area contributed by atoms with Crippen molar-refractivity contribution in [3.63, 3.8) is 0 Å². The number of amides is 1. The lowest BCUT2D eigenvalue weighted by molar-refractivity contribution is 0.102. The Morgan fingerprint density at radius 2 is 1.38 bits per heavy atom. The van der Waals surface area contributed by atoms with E-state index in [0.29, 0.717) is 22.7 Å². The highest BCUT2D eigenvalue weighted by Crippen LogP contribution is 2.27. The van der Waals surface area contributed by atoms with Gasteiger partial charge in [-0.05, 0) is 49.4 Å². The van der Waals surface area contributed by atoms with E-state index in [9.17, 15) is 9.59 Å². The molecular weight excluding hydrogens is 424 g/mol. The summed E-state index contributed by atoms with van der Waals surface area (Å²) in [5, 5.41) is 6.47. The molecule has 0 radical (unpaired) electrons. The van der Waals surface area contributed by atoms with E-state index in [-0.39, 0.29) is 16.5 Å². The molecule has 5 rings (SSSR count). The highest BCUT2D eigenvalue weighted by atomic mass is 16.2. The van der Waals surface area contributed by atoms with Crippen LogP contribution in [0.25, 0.3) is 16.6 Å². The minimum atomic E-state index is -0.430. The number of hydrogen-bond acceptors (Lipinski definition) is 4. The van der Waals surface area contributed by atoms with Gasteiger partial charge < -0.3 is 10.6 Å². The van der Waals surface area contributed by atoms with Crippen molar-refractivity contribution in [2.24, 2.45) is 0 Å². The average Bonchev–Trinajstić information content (AvgIpc) is 2.85. The maximum atomic E-state index is 13.4. The fourth-order valence-electron chi connectivity index (χ4n) is 3.96. The molecule has 2 aromatic heterocycles. The standard InChI is InChI=1S/C28H22N4O2/c1-19-17-23-26(27(29-19)28(34)31-21-13-7-3-8-14-21)24(33)18-25(30-20-11-5-2-6-12-20)32(23)22-15-9-4-10-16-22/h2-18,30H,1H3,(H,31,34). The first-order valence-corrected chi connectivity index (χ1v) is 10.9. The highest BCUT2D eigenvalue weighted by Gasteiger charge is 2.20. The minimum absolute atomic E-state index is 0.0970. The molecule has 6 nitrogen and oxygen atoms in total. The Balaban J connectivity index is 1.74. The van der Waals surface area contributed by atoms with E-state index in [1.165, 1.54) is 6.07 Å². The van der Waals surface area contributed by atoms with Gasteiger partial charge in [-0.2, -0.15) is 0 Å². The lowest BCUT2D eigenvalue weighted by Crippen LogP contribution is -2.20. The van der Waals surface area contributed by atoms with Crippen molar-refractivity contribution < 1.29 is 4.79 Å². The monoisotopic (exact) mass is 446 g/mol. The number of aromatic nitrogens is 2. The lowest BCUT2D eigenvalue weighted by Gasteiger charge is -2.19. The number of anilines is 3. The summed E-state index contributed by atoms with van der Waals surface area (Å²) >= 11 is 0. The Labute approximate surface area is 196 Å². The van der Waals surface area contributed by atoms with Crippen LogP contribution in [0.1, 0.15) is 16.2 Å². The number of rotatable bonds is 5. The summed E-state index contributed by atoms with van der Waals surface area (Å²) in [5.74, 6) is 0.162. The quantitative estimate of drug-likeness (QED) is 0.364. The van der Waals surface area contributed by atoms with Gasteiger partial charge in [-0.15, -0.1) is 0 Å². The van der Waals surface area contributed by atoms with Crippen molar-refractivity contribution in [3.05, 3.63) is 125 Å². The molecule has 2 heterocycles. The van der Waals surface area contributed by atoms with Gasteiger partial charge in [0.15, 0.2) is 5.43 Å². The number of benzene rings is 3. The molecule has 0 fully saturated rings. The first-order chi connectivity index (χ1) is 16.6. The number of para-hydroxylation sites is 3.